The Kier molecular flexibility index (Phi) is 17.0. The van der Waals surface area contributed by atoms with Crippen molar-refractivity contribution < 1.29 is 38.6 Å². The first-order valence-electron chi connectivity index (χ1n) is 17.1. The summed E-state index contributed by atoms with van der Waals surface area (Å²) in [6.07, 6.45) is 3.11. The molecule has 4 atom stereocenters. The molecule has 0 aliphatic heterocycles. The summed E-state index contributed by atoms with van der Waals surface area (Å²) in [5.41, 5.74) is 4.49. The molecule has 0 bridgehead atoms. The van der Waals surface area contributed by atoms with Gasteiger partial charge in [0, 0.05) is 31.0 Å². The summed E-state index contributed by atoms with van der Waals surface area (Å²) < 4.78 is 28.3. The van der Waals surface area contributed by atoms with Gasteiger partial charge < -0.3 is 25.3 Å². The van der Waals surface area contributed by atoms with Crippen LogP contribution in [0.3, 0.4) is 0 Å². The van der Waals surface area contributed by atoms with Crippen LogP contribution in [0.15, 0.2) is 72.8 Å². The third kappa shape index (κ3) is 13.7. The van der Waals surface area contributed by atoms with Crippen molar-refractivity contribution in [1.82, 2.24) is 4.72 Å². The van der Waals surface area contributed by atoms with Gasteiger partial charge in [0.05, 0.1) is 17.1 Å². The lowest BCUT2D eigenvalue weighted by Crippen LogP contribution is -2.34. The second-order valence-corrected chi connectivity index (χ2v) is 14.0. The number of aliphatic hydroxyl groups is 3. The molecule has 4 unspecified atom stereocenters. The van der Waals surface area contributed by atoms with E-state index in [2.05, 4.69) is 4.72 Å². The average Bonchev–Trinajstić information content (AvgIpc) is 3.08. The lowest BCUT2D eigenvalue weighted by atomic mass is 9.90. The van der Waals surface area contributed by atoms with Gasteiger partial charge >= 0.3 is 5.97 Å². The highest BCUT2D eigenvalue weighted by atomic mass is 32.2. The van der Waals surface area contributed by atoms with E-state index in [0.29, 0.717) is 56.4 Å². The lowest BCUT2D eigenvalue weighted by molar-refractivity contribution is -0.159. The predicted octanol–water partition coefficient (Wildman–Crippen LogP) is 5.48. The Labute approximate surface area is 291 Å². The van der Waals surface area contributed by atoms with Gasteiger partial charge in [0.25, 0.3) is 0 Å². The van der Waals surface area contributed by atoms with Crippen LogP contribution in [0.5, 0.6) is 0 Å². The quantitative estimate of drug-likeness (QED) is 0.0690. The zero-order valence-corrected chi connectivity index (χ0v) is 29.3. The zero-order valence-electron chi connectivity index (χ0n) is 28.5. The van der Waals surface area contributed by atoms with Crippen LogP contribution in [0, 0.1) is 17.7 Å². The second-order valence-electron chi connectivity index (χ2n) is 12.6. The summed E-state index contributed by atoms with van der Waals surface area (Å²) in [7, 11) is 0.759. The number of rotatable bonds is 22. The number of benzene rings is 3. The average molecular weight is 699 g/mol. The minimum absolute atomic E-state index is 0.0789. The fraction of sp³-hybridized carbons (Fsp3) is 0.474. The van der Waals surface area contributed by atoms with Crippen molar-refractivity contribution in [3.8, 4) is 0 Å². The second kappa shape index (κ2) is 20.9. The molecule has 0 aliphatic rings. The third-order valence-corrected chi connectivity index (χ3v) is 10.1. The number of unbranched alkanes of at least 4 members (excludes halogenated alkanes) is 1. The Morgan fingerprint density at radius 3 is 2.00 bits per heavy atom. The topological polar surface area (TPSA) is 147 Å². The number of aliphatic carboxylic acids is 1. The number of nitrogens with zero attached hydrogens (tertiary/aromatic N) is 1. The molecule has 0 radical (unpaired) electrons. The van der Waals surface area contributed by atoms with E-state index in [1.807, 2.05) is 55.5 Å². The Morgan fingerprint density at radius 1 is 0.816 bits per heavy atom. The highest BCUT2D eigenvalue weighted by molar-refractivity contribution is 7.83. The number of carbonyl (C=O) groups is 2. The summed E-state index contributed by atoms with van der Waals surface area (Å²) in [6.45, 7) is 2.67. The van der Waals surface area contributed by atoms with Gasteiger partial charge in [-0.1, -0.05) is 61.9 Å². The largest absolute Gasteiger partial charge is 0.481 e. The Morgan fingerprint density at radius 2 is 1.41 bits per heavy atom. The summed E-state index contributed by atoms with van der Waals surface area (Å²) in [5.74, 6) is -2.68. The Hall–Kier alpha value is -3.48. The number of carboxylic acids is 1. The van der Waals surface area contributed by atoms with Crippen molar-refractivity contribution >= 4 is 28.5 Å². The molecule has 0 saturated heterocycles. The van der Waals surface area contributed by atoms with Crippen molar-refractivity contribution in [2.24, 2.45) is 11.8 Å². The molecular weight excluding hydrogens is 647 g/mol. The first-order chi connectivity index (χ1) is 23.5. The van der Waals surface area contributed by atoms with Crippen LogP contribution in [0.4, 0.5) is 10.1 Å². The monoisotopic (exact) mass is 698 g/mol. The van der Waals surface area contributed by atoms with Gasteiger partial charge in [0.2, 0.25) is 5.91 Å². The molecule has 3 aromatic rings. The summed E-state index contributed by atoms with van der Waals surface area (Å²) in [4.78, 5) is 26.8. The molecule has 11 heteroatoms. The molecule has 0 aliphatic carbocycles. The minimum Gasteiger partial charge on any atom is -0.481 e. The van der Waals surface area contributed by atoms with Crippen molar-refractivity contribution in [2.45, 2.75) is 83.5 Å². The predicted molar refractivity (Wildman–Crippen MR) is 191 cm³/mol. The first-order valence-corrected chi connectivity index (χ1v) is 18.4. The van der Waals surface area contributed by atoms with Crippen LogP contribution >= 0.6 is 0 Å². The number of aryl methyl sites for hydroxylation is 2. The van der Waals surface area contributed by atoms with Crippen LogP contribution in [0.2, 0.25) is 0 Å². The molecule has 5 N–H and O–H groups in total. The maximum absolute atomic E-state index is 13.9. The molecule has 0 aromatic heterocycles. The Bertz CT molecular complexity index is 1450. The van der Waals surface area contributed by atoms with Crippen molar-refractivity contribution in [3.63, 3.8) is 0 Å². The summed E-state index contributed by atoms with van der Waals surface area (Å²) >= 11 is 0. The number of anilines is 1. The summed E-state index contributed by atoms with van der Waals surface area (Å²) in [5, 5.41) is 38.5. The first kappa shape index (κ1) is 40.0. The van der Waals surface area contributed by atoms with Gasteiger partial charge in [-0.15, -0.1) is 0 Å². The maximum atomic E-state index is 13.9. The van der Waals surface area contributed by atoms with Crippen LogP contribution < -0.4 is 9.62 Å². The molecule has 3 aromatic carbocycles. The number of carboxylic acid groups (broad SMARTS) is 1. The van der Waals surface area contributed by atoms with Crippen LogP contribution in [0.25, 0.3) is 0 Å². The molecule has 0 saturated carbocycles. The fourth-order valence-corrected chi connectivity index (χ4v) is 6.65. The smallest absolute Gasteiger partial charge is 0.311 e. The molecular formula is C38H51FN2O7S. The molecule has 9 nitrogen and oxygen atoms in total. The number of nitrogens with one attached hydrogen (secondary N) is 1. The van der Waals surface area contributed by atoms with Crippen LogP contribution in [-0.4, -0.2) is 62.1 Å². The molecule has 0 spiro atoms. The normalized spacial score (nSPS) is 13.9. The van der Waals surface area contributed by atoms with E-state index in [4.69, 9.17) is 5.11 Å². The van der Waals surface area contributed by atoms with E-state index in [1.165, 1.54) is 12.1 Å². The molecule has 3 rings (SSSR count). The number of hydrogen-bond donors (Lipinski definition) is 5. The van der Waals surface area contributed by atoms with E-state index < -0.39 is 41.2 Å². The third-order valence-electron chi connectivity index (χ3n) is 8.75. The molecule has 0 fully saturated rings. The van der Waals surface area contributed by atoms with Crippen LogP contribution in [0.1, 0.15) is 80.2 Å². The van der Waals surface area contributed by atoms with Crippen molar-refractivity contribution in [1.29, 1.82) is 0 Å². The van der Waals surface area contributed by atoms with E-state index >= 15 is 0 Å². The molecule has 1 amide bonds. The molecule has 0 heterocycles. The van der Waals surface area contributed by atoms with Gasteiger partial charge in [-0.25, -0.2) is 13.3 Å². The van der Waals surface area contributed by atoms with Gasteiger partial charge in [-0.05, 0) is 104 Å². The zero-order chi connectivity index (χ0) is 35.8. The number of hydrogen-bond acceptors (Lipinski definition) is 6. The van der Waals surface area contributed by atoms with Crippen molar-refractivity contribution in [3.05, 3.63) is 101 Å². The number of aliphatic hydroxyl groups excluding tert-OH is 2. The lowest BCUT2D eigenvalue weighted by Gasteiger charge is -2.25. The summed E-state index contributed by atoms with van der Waals surface area (Å²) in [6, 6.07) is 21.5. The van der Waals surface area contributed by atoms with E-state index in [1.54, 1.807) is 24.1 Å². The maximum Gasteiger partial charge on any atom is 0.311 e. The highest BCUT2D eigenvalue weighted by Crippen LogP contribution is 2.27. The fourth-order valence-electron chi connectivity index (χ4n) is 5.77. The van der Waals surface area contributed by atoms with E-state index in [-0.39, 0.29) is 18.1 Å². The number of amides is 1. The SMILES string of the molecule is CCCS(=O)NCCCc1ccc(N(C)C(=O)C(CCC(O)c2ccc(F)cc2)Cc2ccc(CCCCC(C(=O)O)C(O)O)cc2)cc1. The molecule has 49 heavy (non-hydrogen) atoms. The standard InChI is InChI=1S/C38H51FN2O7S/c1-3-25-49(48)40-24-6-8-28-14-21-33(22-15-28)41(2)36(43)31(18-23-35(42)30-16-19-32(39)20-17-30)26-29-12-10-27(11-13-29)7-4-5-9-34(37(44)45)38(46)47/h10-17,19-22,31,34-35,37,40,42,44-45H,3-9,18,23-26H2,1-2H3,(H,46,47). The molecule has 268 valence electrons. The minimum atomic E-state index is -1.88. The number of halogens is 1. The van der Waals surface area contributed by atoms with Gasteiger partial charge in [-0.3, -0.25) is 9.59 Å². The van der Waals surface area contributed by atoms with Gasteiger partial charge in [0.1, 0.15) is 11.7 Å². The van der Waals surface area contributed by atoms with E-state index in [0.717, 1.165) is 41.6 Å². The van der Waals surface area contributed by atoms with Crippen molar-refractivity contribution in [2.75, 3.05) is 24.2 Å². The van der Waals surface area contributed by atoms with Gasteiger partial charge in [-0.2, -0.15) is 0 Å². The van der Waals surface area contributed by atoms with E-state index in [9.17, 15) is 33.5 Å². The number of carbonyl (C=O) groups excluding carboxylic acids is 1. The Balaban J connectivity index is 1.64. The highest BCUT2D eigenvalue weighted by Gasteiger charge is 2.26. The van der Waals surface area contributed by atoms with Crippen LogP contribution in [-0.2, 0) is 39.8 Å². The van der Waals surface area contributed by atoms with Gasteiger partial charge in [0.15, 0.2) is 6.29 Å².